The first kappa shape index (κ1) is 27.9. The van der Waals surface area contributed by atoms with Gasteiger partial charge in [0.25, 0.3) is 0 Å². The van der Waals surface area contributed by atoms with E-state index in [1.165, 1.54) is 49.7 Å². The van der Waals surface area contributed by atoms with E-state index in [0.29, 0.717) is 17.8 Å². The molecule has 5 nitrogen and oxygen atoms in total. The van der Waals surface area contributed by atoms with Crippen LogP contribution in [0.2, 0.25) is 0 Å². The Labute approximate surface area is 234 Å². The van der Waals surface area contributed by atoms with Crippen LogP contribution in [0.15, 0.2) is 54.6 Å². The van der Waals surface area contributed by atoms with Crippen LogP contribution in [-0.2, 0) is 11.2 Å². The Morgan fingerprint density at radius 3 is 2.38 bits per heavy atom. The van der Waals surface area contributed by atoms with Gasteiger partial charge in [0, 0.05) is 25.6 Å². The van der Waals surface area contributed by atoms with Crippen molar-refractivity contribution in [2.45, 2.75) is 76.2 Å². The second-order valence-corrected chi connectivity index (χ2v) is 12.3. The van der Waals surface area contributed by atoms with Crippen LogP contribution in [0.4, 0.5) is 0 Å². The molecule has 5 rings (SSSR count). The van der Waals surface area contributed by atoms with E-state index in [4.69, 9.17) is 0 Å². The third kappa shape index (κ3) is 7.10. The third-order valence-electron chi connectivity index (χ3n) is 9.84. The van der Waals surface area contributed by atoms with Crippen molar-refractivity contribution in [3.63, 3.8) is 0 Å². The fourth-order valence-electron chi connectivity index (χ4n) is 7.72. The van der Waals surface area contributed by atoms with E-state index in [9.17, 15) is 15.2 Å². The lowest BCUT2D eigenvalue weighted by Gasteiger charge is -2.35. The van der Waals surface area contributed by atoms with E-state index >= 15 is 0 Å². The van der Waals surface area contributed by atoms with Crippen molar-refractivity contribution >= 4 is 5.97 Å². The zero-order chi connectivity index (χ0) is 27.0. The average Bonchev–Trinajstić information content (AvgIpc) is 3.38. The van der Waals surface area contributed by atoms with Crippen LogP contribution in [-0.4, -0.2) is 59.6 Å². The molecule has 2 aliphatic heterocycles. The molecule has 1 aliphatic carbocycles. The number of benzene rings is 2. The monoisotopic (exact) mass is 527 g/mol. The van der Waals surface area contributed by atoms with Crippen molar-refractivity contribution < 1.29 is 9.90 Å². The molecule has 39 heavy (non-hydrogen) atoms. The minimum Gasteiger partial charge on any atom is -0.480 e. The van der Waals surface area contributed by atoms with Crippen LogP contribution in [0.3, 0.4) is 0 Å². The molecule has 2 saturated heterocycles. The Balaban J connectivity index is 1.17. The van der Waals surface area contributed by atoms with Crippen LogP contribution in [0, 0.1) is 29.1 Å². The first-order chi connectivity index (χ1) is 19.1. The van der Waals surface area contributed by atoms with Crippen LogP contribution < -0.4 is 0 Å². The lowest BCUT2D eigenvalue weighted by molar-refractivity contribution is -0.145. The molecule has 2 heterocycles. The third-order valence-corrected chi connectivity index (χ3v) is 9.84. The molecule has 208 valence electrons. The van der Waals surface area contributed by atoms with Gasteiger partial charge in [-0.25, -0.2) is 0 Å². The van der Waals surface area contributed by atoms with Gasteiger partial charge < -0.3 is 10.0 Å². The molecule has 0 unspecified atom stereocenters. The van der Waals surface area contributed by atoms with E-state index < -0.39 is 5.97 Å². The summed E-state index contributed by atoms with van der Waals surface area (Å²) >= 11 is 0. The highest BCUT2D eigenvalue weighted by Gasteiger charge is 2.43. The fraction of sp³-hybridized carbons (Fsp3) is 0.588. The number of piperidine rings is 1. The number of nitriles is 1. The Kier molecular flexibility index (Phi) is 9.71. The summed E-state index contributed by atoms with van der Waals surface area (Å²) in [6.45, 7) is 5.11. The number of nitrogens with zero attached hydrogens (tertiary/aromatic N) is 3. The molecule has 1 N–H and O–H groups in total. The molecule has 5 heteroatoms. The van der Waals surface area contributed by atoms with Crippen molar-refractivity contribution in [2.75, 3.05) is 32.7 Å². The van der Waals surface area contributed by atoms with Gasteiger partial charge >= 0.3 is 5.97 Å². The highest BCUT2D eigenvalue weighted by Crippen LogP contribution is 2.38. The second-order valence-electron chi connectivity index (χ2n) is 12.3. The summed E-state index contributed by atoms with van der Waals surface area (Å²) < 4.78 is 0. The maximum absolute atomic E-state index is 12.5. The van der Waals surface area contributed by atoms with Gasteiger partial charge in [-0.1, -0.05) is 74.2 Å². The zero-order valence-corrected chi connectivity index (χ0v) is 23.4. The normalized spacial score (nSPS) is 24.4. The number of aryl methyl sites for hydroxylation is 1. The van der Waals surface area contributed by atoms with Crippen molar-refractivity contribution in [3.8, 4) is 6.07 Å². The average molecular weight is 528 g/mol. The molecule has 0 radical (unpaired) electrons. The second kappa shape index (κ2) is 13.6. The first-order valence-electron chi connectivity index (χ1n) is 15.3. The van der Waals surface area contributed by atoms with Gasteiger partial charge in [0.15, 0.2) is 0 Å². The summed E-state index contributed by atoms with van der Waals surface area (Å²) in [6, 6.07) is 20.8. The van der Waals surface area contributed by atoms with E-state index in [1.807, 2.05) is 18.2 Å². The van der Waals surface area contributed by atoms with Crippen LogP contribution >= 0.6 is 0 Å². The summed E-state index contributed by atoms with van der Waals surface area (Å²) in [5.74, 6) is 1.31. The molecule has 0 amide bonds. The van der Waals surface area contributed by atoms with E-state index in [1.54, 1.807) is 0 Å². The lowest BCUT2D eigenvalue weighted by Crippen LogP contribution is -2.46. The Morgan fingerprint density at radius 1 is 0.949 bits per heavy atom. The van der Waals surface area contributed by atoms with Crippen molar-refractivity contribution in [1.82, 2.24) is 9.80 Å². The SMILES string of the molecule is N#Cc1ccccc1CCCC1CCN(C[C@H]2CN([C@@H](C(=O)O)C3CCCCC3)C[C@@H]2c2ccccc2)CC1. The largest absolute Gasteiger partial charge is 0.480 e. The molecule has 2 aromatic carbocycles. The van der Waals surface area contributed by atoms with Gasteiger partial charge in [-0.2, -0.15) is 5.26 Å². The standard InChI is InChI=1S/C34H45N3O2/c35-22-30-16-8-7-11-27(30)17-9-10-26-18-20-36(21-19-26)23-31-24-37(25-32(31)28-12-3-1-4-13-28)33(34(38)39)29-14-5-2-6-15-29/h1,3-4,7-8,11-13,16,26,29,31-33H,2,5-6,9-10,14-15,17-21,23-25H2,(H,38,39)/t31-,32+,33+/m0/s1. The Morgan fingerprint density at radius 2 is 1.67 bits per heavy atom. The molecule has 3 aliphatic rings. The number of rotatable bonds is 10. The van der Waals surface area contributed by atoms with Crippen molar-refractivity contribution in [3.05, 3.63) is 71.3 Å². The summed E-state index contributed by atoms with van der Waals surface area (Å²) in [5.41, 5.74) is 3.37. The van der Waals surface area contributed by atoms with Gasteiger partial charge in [-0.15, -0.1) is 0 Å². The smallest absolute Gasteiger partial charge is 0.321 e. The number of hydrogen-bond acceptors (Lipinski definition) is 4. The number of aliphatic carboxylic acids is 1. The minimum atomic E-state index is -0.618. The van der Waals surface area contributed by atoms with Gasteiger partial charge in [-0.05, 0) is 86.6 Å². The molecule has 0 aromatic heterocycles. The quantitative estimate of drug-likeness (QED) is 0.390. The molecule has 2 aromatic rings. The summed E-state index contributed by atoms with van der Waals surface area (Å²) in [4.78, 5) is 17.5. The number of carbonyl (C=O) groups is 1. The molecular weight excluding hydrogens is 482 g/mol. The topological polar surface area (TPSA) is 67.6 Å². The van der Waals surface area contributed by atoms with Crippen LogP contribution in [0.25, 0.3) is 0 Å². The highest BCUT2D eigenvalue weighted by molar-refractivity contribution is 5.74. The molecule has 3 fully saturated rings. The molecule has 3 atom stereocenters. The van der Waals surface area contributed by atoms with E-state index in [0.717, 1.165) is 69.9 Å². The zero-order valence-electron chi connectivity index (χ0n) is 23.4. The highest BCUT2D eigenvalue weighted by atomic mass is 16.4. The molecule has 0 bridgehead atoms. The number of carboxylic acid groups (broad SMARTS) is 1. The van der Waals surface area contributed by atoms with Crippen LogP contribution in [0.5, 0.6) is 0 Å². The van der Waals surface area contributed by atoms with Crippen molar-refractivity contribution in [2.24, 2.45) is 17.8 Å². The van der Waals surface area contributed by atoms with Gasteiger partial charge in [0.1, 0.15) is 6.04 Å². The van der Waals surface area contributed by atoms with Gasteiger partial charge in [0.2, 0.25) is 0 Å². The molecule has 0 spiro atoms. The van der Waals surface area contributed by atoms with Gasteiger partial charge in [-0.3, -0.25) is 9.69 Å². The molecular formula is C34H45N3O2. The molecule has 1 saturated carbocycles. The van der Waals surface area contributed by atoms with E-state index in [-0.39, 0.29) is 6.04 Å². The fourth-order valence-corrected chi connectivity index (χ4v) is 7.72. The number of carboxylic acids is 1. The summed E-state index contributed by atoms with van der Waals surface area (Å²) in [7, 11) is 0. The first-order valence-corrected chi connectivity index (χ1v) is 15.3. The summed E-state index contributed by atoms with van der Waals surface area (Å²) in [5, 5.41) is 19.6. The maximum atomic E-state index is 12.5. The van der Waals surface area contributed by atoms with E-state index in [2.05, 4.69) is 52.3 Å². The van der Waals surface area contributed by atoms with Crippen molar-refractivity contribution in [1.29, 1.82) is 5.26 Å². The maximum Gasteiger partial charge on any atom is 0.321 e. The number of likely N-dealkylation sites (tertiary alicyclic amines) is 2. The van der Waals surface area contributed by atoms with Crippen LogP contribution in [0.1, 0.15) is 80.4 Å². The predicted molar refractivity (Wildman–Crippen MR) is 156 cm³/mol. The van der Waals surface area contributed by atoms with Gasteiger partial charge in [0.05, 0.1) is 11.6 Å². The minimum absolute atomic E-state index is 0.294. The predicted octanol–water partition coefficient (Wildman–Crippen LogP) is 6.34. The number of hydrogen-bond donors (Lipinski definition) is 1. The summed E-state index contributed by atoms with van der Waals surface area (Å²) in [6.07, 6.45) is 11.6. The Hall–Kier alpha value is -2.68. The lowest BCUT2D eigenvalue weighted by atomic mass is 9.83. The Bertz CT molecular complexity index is 1100.